The predicted octanol–water partition coefficient (Wildman–Crippen LogP) is 1.81. The third-order valence-corrected chi connectivity index (χ3v) is 4.36. The van der Waals surface area contributed by atoms with Crippen LogP contribution in [0, 0.1) is 0 Å². The van der Waals surface area contributed by atoms with Crippen molar-refractivity contribution in [1.29, 1.82) is 0 Å². The highest BCUT2D eigenvalue weighted by atomic mass is 16.4. The van der Waals surface area contributed by atoms with E-state index >= 15 is 0 Å². The van der Waals surface area contributed by atoms with E-state index in [1.807, 2.05) is 29.2 Å². The average Bonchev–Trinajstić information content (AvgIpc) is 2.79. The van der Waals surface area contributed by atoms with Crippen molar-refractivity contribution in [2.75, 3.05) is 4.90 Å². The van der Waals surface area contributed by atoms with Crippen molar-refractivity contribution in [2.45, 2.75) is 50.3 Å². The zero-order valence-corrected chi connectivity index (χ0v) is 10.8. The molecule has 0 radical (unpaired) electrons. The first-order valence-electron chi connectivity index (χ1n) is 6.95. The Labute approximate surface area is 112 Å². The minimum absolute atomic E-state index is 0.0569. The molecule has 0 amide bonds. The molecule has 0 bridgehead atoms. The summed E-state index contributed by atoms with van der Waals surface area (Å²) in [6, 6.07) is 7.25. The van der Waals surface area contributed by atoms with Crippen molar-refractivity contribution >= 4 is 11.7 Å². The molecular formula is C15H19NO3. The molecule has 2 aliphatic rings. The van der Waals surface area contributed by atoms with Gasteiger partial charge in [-0.2, -0.15) is 0 Å². The number of aliphatic hydroxyl groups excluding tert-OH is 1. The maximum Gasteiger partial charge on any atom is 0.326 e. The molecule has 3 unspecified atom stereocenters. The van der Waals surface area contributed by atoms with Crippen molar-refractivity contribution in [3.05, 3.63) is 29.8 Å². The highest BCUT2D eigenvalue weighted by molar-refractivity contribution is 5.82. The fourth-order valence-electron chi connectivity index (χ4n) is 3.44. The normalized spacial score (nSPS) is 30.2. The number of nitrogens with zero attached hydrogens (tertiary/aromatic N) is 1. The van der Waals surface area contributed by atoms with Crippen LogP contribution in [0.25, 0.3) is 0 Å². The lowest BCUT2D eigenvalue weighted by Crippen LogP contribution is -2.51. The molecule has 1 aromatic carbocycles. The van der Waals surface area contributed by atoms with Gasteiger partial charge in [-0.1, -0.05) is 31.0 Å². The predicted molar refractivity (Wildman–Crippen MR) is 72.3 cm³/mol. The second-order valence-electron chi connectivity index (χ2n) is 5.51. The van der Waals surface area contributed by atoms with Crippen LogP contribution in [-0.2, 0) is 11.2 Å². The van der Waals surface area contributed by atoms with E-state index in [2.05, 4.69) is 0 Å². The first-order valence-corrected chi connectivity index (χ1v) is 6.95. The van der Waals surface area contributed by atoms with Gasteiger partial charge in [0.1, 0.15) is 6.04 Å². The Balaban J connectivity index is 1.97. The summed E-state index contributed by atoms with van der Waals surface area (Å²) in [5.74, 6) is -0.797. The number of rotatable bonds is 2. The van der Waals surface area contributed by atoms with Crippen molar-refractivity contribution in [3.8, 4) is 0 Å². The first kappa shape index (κ1) is 12.5. The molecule has 3 atom stereocenters. The Hall–Kier alpha value is -1.55. The van der Waals surface area contributed by atoms with Gasteiger partial charge in [0.15, 0.2) is 0 Å². The summed E-state index contributed by atoms with van der Waals surface area (Å²) >= 11 is 0. The van der Waals surface area contributed by atoms with E-state index in [0.29, 0.717) is 6.42 Å². The van der Waals surface area contributed by atoms with Gasteiger partial charge < -0.3 is 15.1 Å². The zero-order chi connectivity index (χ0) is 13.4. The Kier molecular flexibility index (Phi) is 3.19. The third kappa shape index (κ3) is 2.10. The number of carbonyl (C=O) groups is 1. The van der Waals surface area contributed by atoms with Gasteiger partial charge in [0, 0.05) is 12.1 Å². The fourth-order valence-corrected chi connectivity index (χ4v) is 3.44. The van der Waals surface area contributed by atoms with Crippen LogP contribution in [-0.4, -0.2) is 34.4 Å². The SMILES string of the molecule is O=C(O)C1Cc2ccccc2N1C1CCCCC1O. The van der Waals surface area contributed by atoms with Crippen LogP contribution in [0.15, 0.2) is 24.3 Å². The molecule has 4 heteroatoms. The summed E-state index contributed by atoms with van der Waals surface area (Å²) in [5, 5.41) is 19.7. The van der Waals surface area contributed by atoms with Gasteiger partial charge in [0.25, 0.3) is 0 Å². The van der Waals surface area contributed by atoms with Gasteiger partial charge in [-0.3, -0.25) is 0 Å². The number of aliphatic carboxylic acids is 1. The van der Waals surface area contributed by atoms with Gasteiger partial charge >= 0.3 is 5.97 Å². The lowest BCUT2D eigenvalue weighted by molar-refractivity contribution is -0.138. The number of hydrogen-bond acceptors (Lipinski definition) is 3. The van der Waals surface area contributed by atoms with Crippen LogP contribution in [0.2, 0.25) is 0 Å². The molecule has 1 heterocycles. The van der Waals surface area contributed by atoms with Gasteiger partial charge in [0.2, 0.25) is 0 Å². The number of benzene rings is 1. The molecule has 1 saturated carbocycles. The summed E-state index contributed by atoms with van der Waals surface area (Å²) in [7, 11) is 0. The van der Waals surface area contributed by atoms with Gasteiger partial charge in [-0.15, -0.1) is 0 Å². The number of para-hydroxylation sites is 1. The summed E-state index contributed by atoms with van der Waals surface area (Å²) in [6.45, 7) is 0. The average molecular weight is 261 g/mol. The molecule has 0 saturated heterocycles. The third-order valence-electron chi connectivity index (χ3n) is 4.36. The fraction of sp³-hybridized carbons (Fsp3) is 0.533. The number of carboxylic acid groups (broad SMARTS) is 1. The highest BCUT2D eigenvalue weighted by Gasteiger charge is 2.41. The molecule has 1 aliphatic heterocycles. The Morgan fingerprint density at radius 1 is 1.21 bits per heavy atom. The maximum absolute atomic E-state index is 11.5. The van der Waals surface area contributed by atoms with Crippen molar-refractivity contribution in [2.24, 2.45) is 0 Å². The minimum Gasteiger partial charge on any atom is -0.480 e. The number of fused-ring (bicyclic) bond motifs is 1. The Morgan fingerprint density at radius 2 is 1.95 bits per heavy atom. The van der Waals surface area contributed by atoms with Crippen LogP contribution in [0.4, 0.5) is 5.69 Å². The van der Waals surface area contributed by atoms with E-state index in [0.717, 1.165) is 36.9 Å². The summed E-state index contributed by atoms with van der Waals surface area (Å²) in [6.07, 6.45) is 3.86. The number of hydrogen-bond donors (Lipinski definition) is 2. The highest BCUT2D eigenvalue weighted by Crippen LogP contribution is 2.37. The molecule has 102 valence electrons. The molecule has 0 aromatic heterocycles. The van der Waals surface area contributed by atoms with Crippen LogP contribution in [0.1, 0.15) is 31.2 Å². The smallest absolute Gasteiger partial charge is 0.326 e. The first-order chi connectivity index (χ1) is 9.18. The van der Waals surface area contributed by atoms with E-state index in [9.17, 15) is 15.0 Å². The van der Waals surface area contributed by atoms with Crippen LogP contribution < -0.4 is 4.90 Å². The van der Waals surface area contributed by atoms with Crippen LogP contribution in [0.5, 0.6) is 0 Å². The largest absolute Gasteiger partial charge is 0.480 e. The number of anilines is 1. The molecule has 19 heavy (non-hydrogen) atoms. The lowest BCUT2D eigenvalue weighted by atomic mass is 9.90. The molecular weight excluding hydrogens is 242 g/mol. The lowest BCUT2D eigenvalue weighted by Gasteiger charge is -2.39. The number of aliphatic hydroxyl groups is 1. The molecule has 1 aliphatic carbocycles. The minimum atomic E-state index is -0.797. The molecule has 3 rings (SSSR count). The van der Waals surface area contributed by atoms with Crippen LogP contribution >= 0.6 is 0 Å². The number of carboxylic acids is 1. The second-order valence-corrected chi connectivity index (χ2v) is 5.51. The van der Waals surface area contributed by atoms with E-state index in [1.54, 1.807) is 0 Å². The molecule has 1 aromatic rings. The van der Waals surface area contributed by atoms with E-state index in [4.69, 9.17) is 0 Å². The Bertz CT molecular complexity index is 488. The van der Waals surface area contributed by atoms with Gasteiger partial charge in [-0.05, 0) is 24.5 Å². The maximum atomic E-state index is 11.5. The molecule has 4 nitrogen and oxygen atoms in total. The second kappa shape index (κ2) is 4.85. The van der Waals surface area contributed by atoms with Crippen molar-refractivity contribution < 1.29 is 15.0 Å². The van der Waals surface area contributed by atoms with Gasteiger partial charge in [0.05, 0.1) is 12.1 Å². The molecule has 1 fully saturated rings. The van der Waals surface area contributed by atoms with Gasteiger partial charge in [-0.25, -0.2) is 4.79 Å². The van der Waals surface area contributed by atoms with Crippen LogP contribution in [0.3, 0.4) is 0 Å². The summed E-state index contributed by atoms with van der Waals surface area (Å²) in [5.41, 5.74) is 2.06. The molecule has 2 N–H and O–H groups in total. The standard InChI is InChI=1S/C15H19NO3/c17-14-8-4-3-7-12(14)16-11-6-2-1-5-10(11)9-13(16)15(18)19/h1-2,5-6,12-14,17H,3-4,7-9H2,(H,18,19). The van der Waals surface area contributed by atoms with E-state index < -0.39 is 18.1 Å². The van der Waals surface area contributed by atoms with E-state index in [-0.39, 0.29) is 6.04 Å². The van der Waals surface area contributed by atoms with Crippen molar-refractivity contribution in [3.63, 3.8) is 0 Å². The summed E-state index contributed by atoms with van der Waals surface area (Å²) in [4.78, 5) is 13.5. The van der Waals surface area contributed by atoms with E-state index in [1.165, 1.54) is 0 Å². The topological polar surface area (TPSA) is 60.8 Å². The quantitative estimate of drug-likeness (QED) is 0.852. The monoisotopic (exact) mass is 261 g/mol. The zero-order valence-electron chi connectivity index (χ0n) is 10.8. The Morgan fingerprint density at radius 3 is 2.68 bits per heavy atom. The summed E-state index contributed by atoms with van der Waals surface area (Å²) < 4.78 is 0. The van der Waals surface area contributed by atoms with Crippen molar-refractivity contribution in [1.82, 2.24) is 0 Å². The molecule has 0 spiro atoms.